The van der Waals surface area contributed by atoms with Crippen LogP contribution in [0.4, 0.5) is 0 Å². The molecule has 0 amide bonds. The van der Waals surface area contributed by atoms with Gasteiger partial charge in [0, 0.05) is 11.6 Å². The topological polar surface area (TPSA) is 40.5 Å². The van der Waals surface area contributed by atoms with Crippen LogP contribution in [0, 0.1) is 0 Å². The number of carboxylic acids is 1. The number of benzene rings is 1. The minimum Gasteiger partial charge on any atom is -0.481 e. The Labute approximate surface area is 112 Å². The highest BCUT2D eigenvalue weighted by molar-refractivity contribution is 6.30. The second-order valence-electron chi connectivity index (χ2n) is 4.81. The summed E-state index contributed by atoms with van der Waals surface area (Å²) < 4.78 is 0. The molecule has 4 heteroatoms. The molecule has 3 nitrogen and oxygen atoms in total. The van der Waals surface area contributed by atoms with E-state index in [0.29, 0.717) is 12.5 Å². The minimum atomic E-state index is -0.716. The van der Waals surface area contributed by atoms with Gasteiger partial charge in [0.05, 0.1) is 6.42 Å². The van der Waals surface area contributed by atoms with E-state index >= 15 is 0 Å². The van der Waals surface area contributed by atoms with Gasteiger partial charge in [0.15, 0.2) is 0 Å². The third-order valence-corrected chi connectivity index (χ3v) is 3.78. The van der Waals surface area contributed by atoms with Crippen LogP contribution in [-0.4, -0.2) is 35.6 Å². The molecule has 2 rings (SSSR count). The van der Waals surface area contributed by atoms with Gasteiger partial charge >= 0.3 is 5.97 Å². The normalized spacial score (nSPS) is 17.8. The van der Waals surface area contributed by atoms with Crippen molar-refractivity contribution in [2.24, 2.45) is 0 Å². The number of carboxylic acid groups (broad SMARTS) is 1. The Morgan fingerprint density at radius 2 is 2.11 bits per heavy atom. The Kier molecular flexibility index (Phi) is 4.61. The molecule has 1 N–H and O–H groups in total. The average molecular weight is 268 g/mol. The summed E-state index contributed by atoms with van der Waals surface area (Å²) in [6, 6.07) is 8.06. The third kappa shape index (κ3) is 3.72. The predicted molar refractivity (Wildman–Crippen MR) is 72.1 cm³/mol. The van der Waals surface area contributed by atoms with Crippen LogP contribution < -0.4 is 0 Å². The van der Waals surface area contributed by atoms with E-state index in [2.05, 4.69) is 11.0 Å². The van der Waals surface area contributed by atoms with Gasteiger partial charge in [-0.15, -0.1) is 0 Å². The van der Waals surface area contributed by atoms with Gasteiger partial charge in [-0.1, -0.05) is 23.7 Å². The third-order valence-electron chi connectivity index (χ3n) is 3.55. The van der Waals surface area contributed by atoms with Crippen LogP contribution in [0.15, 0.2) is 24.3 Å². The summed E-state index contributed by atoms with van der Waals surface area (Å²) in [6.45, 7) is 2.62. The molecule has 0 saturated carbocycles. The summed E-state index contributed by atoms with van der Waals surface area (Å²) >= 11 is 6.00. The van der Waals surface area contributed by atoms with Crippen molar-refractivity contribution in [1.29, 1.82) is 0 Å². The molecule has 1 aromatic carbocycles. The zero-order chi connectivity index (χ0) is 13.0. The van der Waals surface area contributed by atoms with E-state index < -0.39 is 5.97 Å². The maximum absolute atomic E-state index is 10.5. The molecule has 0 aromatic heterocycles. The van der Waals surface area contributed by atoms with Gasteiger partial charge in [0.2, 0.25) is 0 Å². The number of aliphatic carboxylic acids is 1. The standard InChI is InChI=1S/C14H18ClNO2/c15-13-3-1-2-12(10-13)11-4-7-16(8-5-11)9-6-14(17)18/h1-3,10-11H,4-9H2,(H,17,18). The first-order valence-electron chi connectivity index (χ1n) is 6.35. The molecule has 1 saturated heterocycles. The number of likely N-dealkylation sites (tertiary alicyclic amines) is 1. The van der Waals surface area contributed by atoms with Gasteiger partial charge in [0.25, 0.3) is 0 Å². The molecule has 0 radical (unpaired) electrons. The SMILES string of the molecule is O=C(O)CCN1CCC(c2cccc(Cl)c2)CC1. The van der Waals surface area contributed by atoms with Crippen LogP contribution in [0.3, 0.4) is 0 Å². The number of hydrogen-bond acceptors (Lipinski definition) is 2. The zero-order valence-corrected chi connectivity index (χ0v) is 11.1. The molecule has 0 atom stereocenters. The van der Waals surface area contributed by atoms with E-state index in [0.717, 1.165) is 31.0 Å². The fourth-order valence-corrected chi connectivity index (χ4v) is 2.70. The molecule has 1 aromatic rings. The quantitative estimate of drug-likeness (QED) is 0.912. The smallest absolute Gasteiger partial charge is 0.304 e. The van der Waals surface area contributed by atoms with Crippen LogP contribution in [0.5, 0.6) is 0 Å². The Morgan fingerprint density at radius 1 is 1.39 bits per heavy atom. The molecule has 0 bridgehead atoms. The molecule has 18 heavy (non-hydrogen) atoms. The van der Waals surface area contributed by atoms with Crippen molar-refractivity contribution < 1.29 is 9.90 Å². The monoisotopic (exact) mass is 267 g/mol. The zero-order valence-electron chi connectivity index (χ0n) is 10.3. The number of carbonyl (C=O) groups is 1. The van der Waals surface area contributed by atoms with Crippen LogP contribution in [0.2, 0.25) is 5.02 Å². The first kappa shape index (κ1) is 13.4. The summed E-state index contributed by atoms with van der Waals surface area (Å²) in [5.41, 5.74) is 1.31. The number of halogens is 1. The number of piperidine rings is 1. The van der Waals surface area contributed by atoms with Crippen LogP contribution >= 0.6 is 11.6 Å². The lowest BCUT2D eigenvalue weighted by molar-refractivity contribution is -0.137. The van der Waals surface area contributed by atoms with Gasteiger partial charge < -0.3 is 10.0 Å². The fraction of sp³-hybridized carbons (Fsp3) is 0.500. The van der Waals surface area contributed by atoms with Gasteiger partial charge in [-0.3, -0.25) is 4.79 Å². The van der Waals surface area contributed by atoms with E-state index in [1.165, 1.54) is 5.56 Å². The molecule has 0 spiro atoms. The van der Waals surface area contributed by atoms with Gasteiger partial charge in [-0.25, -0.2) is 0 Å². The van der Waals surface area contributed by atoms with Crippen molar-refractivity contribution in [3.05, 3.63) is 34.9 Å². The molecule has 1 fully saturated rings. The average Bonchev–Trinajstić information content (AvgIpc) is 2.37. The Hall–Kier alpha value is -1.06. The van der Waals surface area contributed by atoms with Crippen LogP contribution in [-0.2, 0) is 4.79 Å². The number of rotatable bonds is 4. The number of hydrogen-bond donors (Lipinski definition) is 1. The van der Waals surface area contributed by atoms with E-state index in [1.54, 1.807) is 0 Å². The maximum atomic E-state index is 10.5. The van der Waals surface area contributed by atoms with Gasteiger partial charge in [0.1, 0.15) is 0 Å². The molecule has 0 unspecified atom stereocenters. The van der Waals surface area contributed by atoms with Crippen LogP contribution in [0.1, 0.15) is 30.7 Å². The minimum absolute atomic E-state index is 0.238. The highest BCUT2D eigenvalue weighted by Gasteiger charge is 2.20. The van der Waals surface area contributed by atoms with E-state index in [4.69, 9.17) is 16.7 Å². The second kappa shape index (κ2) is 6.21. The fourth-order valence-electron chi connectivity index (χ4n) is 2.50. The Bertz CT molecular complexity index is 414. The van der Waals surface area contributed by atoms with Crippen LogP contribution in [0.25, 0.3) is 0 Å². The lowest BCUT2D eigenvalue weighted by Crippen LogP contribution is -2.34. The largest absolute Gasteiger partial charge is 0.481 e. The highest BCUT2D eigenvalue weighted by atomic mass is 35.5. The van der Waals surface area contributed by atoms with Gasteiger partial charge in [-0.05, 0) is 49.5 Å². The Balaban J connectivity index is 1.85. The molecular weight excluding hydrogens is 250 g/mol. The molecule has 0 aliphatic carbocycles. The molecule has 1 aliphatic rings. The second-order valence-corrected chi connectivity index (χ2v) is 5.25. The number of nitrogens with zero attached hydrogens (tertiary/aromatic N) is 1. The molecule has 98 valence electrons. The van der Waals surface area contributed by atoms with Crippen molar-refractivity contribution in [1.82, 2.24) is 4.90 Å². The first-order valence-corrected chi connectivity index (χ1v) is 6.72. The maximum Gasteiger partial charge on any atom is 0.304 e. The van der Waals surface area contributed by atoms with E-state index in [-0.39, 0.29) is 6.42 Å². The lowest BCUT2D eigenvalue weighted by Gasteiger charge is -2.31. The molecular formula is C14H18ClNO2. The lowest BCUT2D eigenvalue weighted by atomic mass is 9.89. The summed E-state index contributed by atoms with van der Waals surface area (Å²) in [4.78, 5) is 12.8. The van der Waals surface area contributed by atoms with E-state index in [1.807, 2.05) is 18.2 Å². The highest BCUT2D eigenvalue weighted by Crippen LogP contribution is 2.29. The van der Waals surface area contributed by atoms with Crippen molar-refractivity contribution in [2.45, 2.75) is 25.2 Å². The van der Waals surface area contributed by atoms with E-state index in [9.17, 15) is 4.79 Å². The molecule has 1 heterocycles. The van der Waals surface area contributed by atoms with Crippen molar-refractivity contribution >= 4 is 17.6 Å². The molecule has 1 aliphatic heterocycles. The predicted octanol–water partition coefficient (Wildman–Crippen LogP) is 2.99. The van der Waals surface area contributed by atoms with Crippen molar-refractivity contribution in [2.75, 3.05) is 19.6 Å². The summed E-state index contributed by atoms with van der Waals surface area (Å²) in [7, 11) is 0. The first-order chi connectivity index (χ1) is 8.65. The van der Waals surface area contributed by atoms with Crippen molar-refractivity contribution in [3.8, 4) is 0 Å². The van der Waals surface area contributed by atoms with Gasteiger partial charge in [-0.2, -0.15) is 0 Å². The summed E-state index contributed by atoms with van der Waals surface area (Å²) in [5, 5.41) is 9.46. The van der Waals surface area contributed by atoms with Crippen molar-refractivity contribution in [3.63, 3.8) is 0 Å². The Morgan fingerprint density at radius 3 is 2.72 bits per heavy atom. The summed E-state index contributed by atoms with van der Waals surface area (Å²) in [5.74, 6) is -0.156. The summed E-state index contributed by atoms with van der Waals surface area (Å²) in [6.07, 6.45) is 2.40.